The Morgan fingerprint density at radius 2 is 2.30 bits per heavy atom. The molecular weight excluding hydrogens is 130 g/mol. The molecule has 0 saturated carbocycles. The third-order valence-electron chi connectivity index (χ3n) is 1.90. The summed E-state index contributed by atoms with van der Waals surface area (Å²) < 4.78 is 0.537. The fourth-order valence-corrected chi connectivity index (χ4v) is 1.19. The lowest BCUT2D eigenvalue weighted by Gasteiger charge is -2.28. The third-order valence-corrected chi connectivity index (χ3v) is 1.90. The molecule has 3 nitrogen and oxygen atoms in total. The molecule has 0 spiro atoms. The molecule has 1 N–H and O–H groups in total. The first kappa shape index (κ1) is 7.28. The zero-order chi connectivity index (χ0) is 7.78. The summed E-state index contributed by atoms with van der Waals surface area (Å²) in [5.74, 6) is -0.737. The van der Waals surface area contributed by atoms with Crippen LogP contribution in [-0.4, -0.2) is 42.2 Å². The number of carboxylic acid groups (broad SMARTS) is 1. The Labute approximate surface area is 60.2 Å². The van der Waals surface area contributed by atoms with Gasteiger partial charge in [-0.3, -0.25) is 0 Å². The van der Waals surface area contributed by atoms with Gasteiger partial charge in [0.1, 0.15) is 0 Å². The predicted molar refractivity (Wildman–Crippen MR) is 37.5 cm³/mol. The van der Waals surface area contributed by atoms with E-state index in [9.17, 15) is 4.79 Å². The summed E-state index contributed by atoms with van der Waals surface area (Å²) in [7, 11) is 3.83. The van der Waals surface area contributed by atoms with Gasteiger partial charge in [0.2, 0.25) is 6.04 Å². The maximum atomic E-state index is 10.6. The fraction of sp³-hybridized carbons (Fsp3) is 0.571. The molecule has 1 aliphatic rings. The molecule has 0 bridgehead atoms. The van der Waals surface area contributed by atoms with E-state index in [1.165, 1.54) is 0 Å². The highest BCUT2D eigenvalue weighted by Gasteiger charge is 2.35. The number of nitrogens with zero attached hydrogens (tertiary/aromatic N) is 1. The van der Waals surface area contributed by atoms with Crippen molar-refractivity contribution in [3.8, 4) is 0 Å². The lowest BCUT2D eigenvalue weighted by molar-refractivity contribution is -0.889. The van der Waals surface area contributed by atoms with Crippen LogP contribution >= 0.6 is 0 Å². The van der Waals surface area contributed by atoms with E-state index < -0.39 is 5.97 Å². The van der Waals surface area contributed by atoms with Crippen LogP contribution < -0.4 is 0 Å². The number of quaternary nitrogens is 1. The van der Waals surface area contributed by atoms with Crippen LogP contribution in [-0.2, 0) is 4.79 Å². The van der Waals surface area contributed by atoms with E-state index in [0.29, 0.717) is 4.48 Å². The maximum Gasteiger partial charge on any atom is 0.366 e. The van der Waals surface area contributed by atoms with Gasteiger partial charge in [-0.15, -0.1) is 0 Å². The van der Waals surface area contributed by atoms with Crippen LogP contribution in [0.4, 0.5) is 0 Å². The standard InChI is InChI=1S/C7H11NO2/c1-8(2)5-3-4-6(8)7(9)10/h3-4,6H,5H2,1-2H3/p+1/t6-/m0/s1. The second-order valence-electron chi connectivity index (χ2n) is 3.17. The average molecular weight is 142 g/mol. The molecule has 0 saturated heterocycles. The van der Waals surface area contributed by atoms with Crippen molar-refractivity contribution in [2.24, 2.45) is 0 Å². The van der Waals surface area contributed by atoms with Gasteiger partial charge >= 0.3 is 5.97 Å². The predicted octanol–water partition coefficient (Wildman–Crippen LogP) is 0.0858. The van der Waals surface area contributed by atoms with Crippen molar-refractivity contribution in [3.05, 3.63) is 12.2 Å². The fourth-order valence-electron chi connectivity index (χ4n) is 1.19. The number of rotatable bonds is 1. The van der Waals surface area contributed by atoms with Gasteiger partial charge in [-0.1, -0.05) is 0 Å². The monoisotopic (exact) mass is 142 g/mol. The Balaban J connectivity index is 2.77. The smallest absolute Gasteiger partial charge is 0.366 e. The van der Waals surface area contributed by atoms with Crippen molar-refractivity contribution in [1.82, 2.24) is 0 Å². The molecule has 0 aromatic rings. The normalized spacial score (nSPS) is 28.8. The van der Waals surface area contributed by atoms with Gasteiger partial charge in [-0.05, 0) is 12.2 Å². The second kappa shape index (κ2) is 2.09. The molecule has 0 unspecified atom stereocenters. The Bertz CT molecular complexity index is 184. The van der Waals surface area contributed by atoms with Crippen molar-refractivity contribution in [3.63, 3.8) is 0 Å². The first-order chi connectivity index (χ1) is 4.54. The zero-order valence-electron chi connectivity index (χ0n) is 6.24. The van der Waals surface area contributed by atoms with Crippen molar-refractivity contribution in [2.45, 2.75) is 6.04 Å². The molecular formula is C7H12NO2+. The van der Waals surface area contributed by atoms with Gasteiger partial charge in [0.25, 0.3) is 0 Å². The Hall–Kier alpha value is -0.830. The minimum absolute atomic E-state index is 0.347. The van der Waals surface area contributed by atoms with Crippen LogP contribution in [0.1, 0.15) is 0 Å². The molecule has 0 aliphatic carbocycles. The molecule has 0 aromatic carbocycles. The summed E-state index contributed by atoms with van der Waals surface area (Å²) in [4.78, 5) is 10.6. The van der Waals surface area contributed by atoms with Crippen LogP contribution in [0.3, 0.4) is 0 Å². The number of hydrogen-bond donors (Lipinski definition) is 1. The first-order valence-corrected chi connectivity index (χ1v) is 3.26. The van der Waals surface area contributed by atoms with Crippen LogP contribution in [0.5, 0.6) is 0 Å². The highest BCUT2D eigenvalue weighted by molar-refractivity contribution is 5.74. The summed E-state index contributed by atoms with van der Waals surface area (Å²) in [6.45, 7) is 0.816. The van der Waals surface area contributed by atoms with E-state index in [-0.39, 0.29) is 6.04 Å². The lowest BCUT2D eigenvalue weighted by Crippen LogP contribution is -2.48. The molecule has 0 fully saturated rings. The quantitative estimate of drug-likeness (QED) is 0.416. The number of hydrogen-bond acceptors (Lipinski definition) is 1. The molecule has 56 valence electrons. The molecule has 1 atom stereocenters. The number of likely N-dealkylation sites (N-methyl/N-ethyl adjacent to an activating group) is 1. The van der Waals surface area contributed by atoms with Gasteiger partial charge in [0.15, 0.2) is 0 Å². The van der Waals surface area contributed by atoms with E-state index in [4.69, 9.17) is 5.11 Å². The van der Waals surface area contributed by atoms with E-state index in [2.05, 4.69) is 0 Å². The zero-order valence-corrected chi connectivity index (χ0v) is 6.24. The highest BCUT2D eigenvalue weighted by Crippen LogP contribution is 2.14. The molecule has 3 heteroatoms. The Morgan fingerprint density at radius 3 is 2.50 bits per heavy atom. The average Bonchev–Trinajstić information content (AvgIpc) is 2.08. The van der Waals surface area contributed by atoms with Crippen molar-refractivity contribution in [1.29, 1.82) is 0 Å². The van der Waals surface area contributed by atoms with E-state index in [1.807, 2.05) is 20.2 Å². The first-order valence-electron chi connectivity index (χ1n) is 3.26. The van der Waals surface area contributed by atoms with Crippen LogP contribution in [0.15, 0.2) is 12.2 Å². The molecule has 0 amide bonds. The Morgan fingerprint density at radius 1 is 1.70 bits per heavy atom. The summed E-state index contributed by atoms with van der Waals surface area (Å²) >= 11 is 0. The van der Waals surface area contributed by atoms with Crippen molar-refractivity contribution in [2.75, 3.05) is 20.6 Å². The topological polar surface area (TPSA) is 37.3 Å². The molecule has 1 rings (SSSR count). The van der Waals surface area contributed by atoms with Gasteiger partial charge in [0, 0.05) is 0 Å². The van der Waals surface area contributed by atoms with Crippen LogP contribution in [0.25, 0.3) is 0 Å². The van der Waals surface area contributed by atoms with E-state index >= 15 is 0 Å². The van der Waals surface area contributed by atoms with Crippen molar-refractivity contribution < 1.29 is 14.4 Å². The minimum atomic E-state index is -0.737. The second-order valence-corrected chi connectivity index (χ2v) is 3.17. The van der Waals surface area contributed by atoms with Gasteiger partial charge in [0.05, 0.1) is 20.6 Å². The maximum absolute atomic E-state index is 10.6. The number of aliphatic carboxylic acids is 1. The largest absolute Gasteiger partial charge is 0.477 e. The minimum Gasteiger partial charge on any atom is -0.477 e. The summed E-state index contributed by atoms with van der Waals surface area (Å²) in [6.07, 6.45) is 3.67. The summed E-state index contributed by atoms with van der Waals surface area (Å²) in [6, 6.07) is -0.347. The number of carbonyl (C=O) groups is 1. The Kier molecular flexibility index (Phi) is 1.52. The van der Waals surface area contributed by atoms with Crippen molar-refractivity contribution >= 4 is 5.97 Å². The van der Waals surface area contributed by atoms with Crippen LogP contribution in [0, 0.1) is 0 Å². The SMILES string of the molecule is C[N+]1(C)CC=C[C@H]1C(=O)O. The third kappa shape index (κ3) is 1.04. The highest BCUT2D eigenvalue weighted by atomic mass is 16.4. The lowest BCUT2D eigenvalue weighted by atomic mass is 10.3. The molecule has 10 heavy (non-hydrogen) atoms. The van der Waals surface area contributed by atoms with Gasteiger partial charge < -0.3 is 9.59 Å². The molecule has 0 aromatic heterocycles. The number of carboxylic acids is 1. The molecule has 1 heterocycles. The van der Waals surface area contributed by atoms with Gasteiger partial charge in [-0.2, -0.15) is 0 Å². The van der Waals surface area contributed by atoms with Gasteiger partial charge in [-0.25, -0.2) is 4.79 Å². The van der Waals surface area contributed by atoms with E-state index in [0.717, 1.165) is 6.54 Å². The van der Waals surface area contributed by atoms with E-state index in [1.54, 1.807) is 6.08 Å². The summed E-state index contributed by atoms with van der Waals surface area (Å²) in [5, 5.41) is 8.68. The summed E-state index contributed by atoms with van der Waals surface area (Å²) in [5.41, 5.74) is 0. The molecule has 1 aliphatic heterocycles. The molecule has 0 radical (unpaired) electrons. The van der Waals surface area contributed by atoms with Crippen LogP contribution in [0.2, 0.25) is 0 Å².